The summed E-state index contributed by atoms with van der Waals surface area (Å²) in [5.41, 5.74) is 1.53. The van der Waals surface area contributed by atoms with Gasteiger partial charge in [0.25, 0.3) is 0 Å². The molecule has 0 unspecified atom stereocenters. The molecule has 1 aromatic carbocycles. The molecule has 1 fully saturated rings. The highest BCUT2D eigenvalue weighted by Crippen LogP contribution is 2.13. The summed E-state index contributed by atoms with van der Waals surface area (Å²) in [7, 11) is 3.32. The van der Waals surface area contributed by atoms with E-state index in [4.69, 9.17) is 9.47 Å². The average molecular weight is 522 g/mol. The van der Waals surface area contributed by atoms with E-state index >= 15 is 0 Å². The third-order valence-electron chi connectivity index (χ3n) is 4.93. The maximum atomic E-state index is 13.8. The Hall–Kier alpha value is -0.970. The van der Waals surface area contributed by atoms with Gasteiger partial charge in [0, 0.05) is 58.6 Å². The van der Waals surface area contributed by atoms with Gasteiger partial charge in [0.1, 0.15) is 5.82 Å². The predicted octanol–water partition coefficient (Wildman–Crippen LogP) is 3.15. The lowest BCUT2D eigenvalue weighted by atomic mass is 10.1. The van der Waals surface area contributed by atoms with Gasteiger partial charge in [0.15, 0.2) is 5.96 Å². The Labute approximate surface area is 191 Å². The van der Waals surface area contributed by atoms with Gasteiger partial charge in [-0.05, 0) is 43.9 Å². The van der Waals surface area contributed by atoms with E-state index in [1.807, 2.05) is 6.07 Å². The molecule has 0 atom stereocenters. The van der Waals surface area contributed by atoms with Crippen molar-refractivity contribution in [3.8, 4) is 0 Å². The Morgan fingerprint density at radius 2 is 2.00 bits per heavy atom. The number of hydrogen-bond acceptors (Lipinski definition) is 4. The number of piperidine rings is 1. The van der Waals surface area contributed by atoms with E-state index in [1.165, 1.54) is 6.07 Å². The Balaban J connectivity index is 0.00000420. The molecule has 1 aromatic rings. The molecule has 0 spiro atoms. The summed E-state index contributed by atoms with van der Waals surface area (Å²) in [5.74, 6) is 0.579. The largest absolute Gasteiger partial charge is 0.385 e. The highest BCUT2D eigenvalue weighted by atomic mass is 127. The number of nitrogens with zero attached hydrogens (tertiary/aromatic N) is 2. The minimum absolute atomic E-state index is 0. The van der Waals surface area contributed by atoms with E-state index in [-0.39, 0.29) is 36.4 Å². The standard InChI is InChI=1S/C21H35FN4O2.HI/c1-4-23-21(24-15-17-6-7-20(22)18(14-17)16-28-3)25-19-8-11-26(12-9-19)10-5-13-27-2;/h6-7,14,19H,4-5,8-13,15-16H2,1-3H3,(H2,23,24,25);1H. The number of ether oxygens (including phenoxy) is 2. The molecule has 6 nitrogen and oxygen atoms in total. The van der Waals surface area contributed by atoms with E-state index in [1.54, 1.807) is 20.3 Å². The number of nitrogens with one attached hydrogen (secondary N) is 2. The van der Waals surface area contributed by atoms with Crippen molar-refractivity contribution in [2.24, 2.45) is 4.99 Å². The Morgan fingerprint density at radius 3 is 2.66 bits per heavy atom. The van der Waals surface area contributed by atoms with Crippen molar-refractivity contribution in [2.45, 2.75) is 45.4 Å². The van der Waals surface area contributed by atoms with Crippen LogP contribution >= 0.6 is 24.0 Å². The molecule has 1 aliphatic rings. The van der Waals surface area contributed by atoms with Crippen molar-refractivity contribution in [1.82, 2.24) is 15.5 Å². The van der Waals surface area contributed by atoms with Gasteiger partial charge in [-0.25, -0.2) is 9.38 Å². The Morgan fingerprint density at radius 1 is 1.24 bits per heavy atom. The lowest BCUT2D eigenvalue weighted by molar-refractivity contribution is 0.155. The number of guanidine groups is 1. The van der Waals surface area contributed by atoms with Crippen LogP contribution < -0.4 is 10.6 Å². The lowest BCUT2D eigenvalue weighted by Crippen LogP contribution is -2.48. The zero-order valence-electron chi connectivity index (χ0n) is 17.9. The van der Waals surface area contributed by atoms with Crippen molar-refractivity contribution < 1.29 is 13.9 Å². The molecule has 0 aliphatic carbocycles. The molecule has 1 heterocycles. The molecule has 29 heavy (non-hydrogen) atoms. The first-order valence-electron chi connectivity index (χ1n) is 10.2. The summed E-state index contributed by atoms with van der Waals surface area (Å²) in [4.78, 5) is 7.19. The number of benzene rings is 1. The van der Waals surface area contributed by atoms with Crippen LogP contribution in [0.2, 0.25) is 0 Å². The normalized spacial score (nSPS) is 15.8. The second-order valence-electron chi connectivity index (χ2n) is 7.16. The molecule has 0 aromatic heterocycles. The molecule has 2 rings (SSSR count). The summed E-state index contributed by atoms with van der Waals surface area (Å²) in [5, 5.41) is 6.87. The summed E-state index contributed by atoms with van der Waals surface area (Å²) < 4.78 is 24.0. The molecule has 0 saturated carbocycles. The highest BCUT2D eigenvalue weighted by molar-refractivity contribution is 14.0. The quantitative estimate of drug-likeness (QED) is 0.214. The van der Waals surface area contributed by atoms with Gasteiger partial charge in [-0.15, -0.1) is 24.0 Å². The number of hydrogen-bond donors (Lipinski definition) is 2. The Kier molecular flexibility index (Phi) is 13.4. The number of rotatable bonds is 10. The number of halogens is 2. The second kappa shape index (κ2) is 14.9. The van der Waals surface area contributed by atoms with Crippen LogP contribution in [0.4, 0.5) is 4.39 Å². The second-order valence-corrected chi connectivity index (χ2v) is 7.16. The van der Waals surface area contributed by atoms with Gasteiger partial charge >= 0.3 is 0 Å². The number of likely N-dealkylation sites (tertiary alicyclic amines) is 1. The van der Waals surface area contributed by atoms with Crippen LogP contribution in [0.1, 0.15) is 37.3 Å². The van der Waals surface area contributed by atoms with Crippen molar-refractivity contribution in [2.75, 3.05) is 47.0 Å². The van der Waals surface area contributed by atoms with Crippen LogP contribution in [0.25, 0.3) is 0 Å². The zero-order chi connectivity index (χ0) is 20.2. The zero-order valence-corrected chi connectivity index (χ0v) is 20.2. The van der Waals surface area contributed by atoms with Crippen molar-refractivity contribution in [3.05, 3.63) is 35.1 Å². The number of methoxy groups -OCH3 is 2. The number of aliphatic imine (C=N–C) groups is 1. The van der Waals surface area contributed by atoms with Gasteiger partial charge < -0.3 is 25.0 Å². The summed E-state index contributed by atoms with van der Waals surface area (Å²) in [6.07, 6.45) is 3.29. The molecular formula is C21H36FIN4O2. The molecule has 1 aliphatic heterocycles. The predicted molar refractivity (Wildman–Crippen MR) is 126 cm³/mol. The summed E-state index contributed by atoms with van der Waals surface area (Å²) in [6, 6.07) is 5.51. The minimum Gasteiger partial charge on any atom is -0.385 e. The molecule has 8 heteroatoms. The van der Waals surface area contributed by atoms with Crippen LogP contribution in [0, 0.1) is 5.82 Å². The first-order chi connectivity index (χ1) is 13.7. The van der Waals surface area contributed by atoms with Crippen LogP contribution in [-0.4, -0.2) is 63.9 Å². The average Bonchev–Trinajstić information content (AvgIpc) is 2.70. The van der Waals surface area contributed by atoms with Crippen molar-refractivity contribution in [3.63, 3.8) is 0 Å². The first kappa shape index (κ1) is 26.1. The van der Waals surface area contributed by atoms with E-state index in [0.717, 1.165) is 63.6 Å². The smallest absolute Gasteiger partial charge is 0.191 e. The lowest BCUT2D eigenvalue weighted by Gasteiger charge is -2.33. The SMILES string of the molecule is CCNC(=NCc1ccc(F)c(COC)c1)NC1CCN(CCCOC)CC1.I. The summed E-state index contributed by atoms with van der Waals surface area (Å²) >= 11 is 0. The monoisotopic (exact) mass is 522 g/mol. The van der Waals surface area contributed by atoms with Crippen molar-refractivity contribution in [1.29, 1.82) is 0 Å². The van der Waals surface area contributed by atoms with Crippen LogP contribution in [0.15, 0.2) is 23.2 Å². The fraction of sp³-hybridized carbons (Fsp3) is 0.667. The molecule has 166 valence electrons. The van der Waals surface area contributed by atoms with Crippen molar-refractivity contribution >= 4 is 29.9 Å². The van der Waals surface area contributed by atoms with Crippen LogP contribution in [0.5, 0.6) is 0 Å². The first-order valence-corrected chi connectivity index (χ1v) is 10.2. The van der Waals surface area contributed by atoms with Crippen LogP contribution in [0.3, 0.4) is 0 Å². The minimum atomic E-state index is -0.239. The van der Waals surface area contributed by atoms with Gasteiger partial charge in [-0.1, -0.05) is 6.07 Å². The molecule has 2 N–H and O–H groups in total. The molecule has 0 amide bonds. The maximum absolute atomic E-state index is 13.8. The third-order valence-corrected chi connectivity index (χ3v) is 4.93. The molecule has 0 radical (unpaired) electrons. The summed E-state index contributed by atoms with van der Waals surface area (Å²) in [6.45, 7) is 7.75. The molecule has 1 saturated heterocycles. The van der Waals surface area contributed by atoms with E-state index in [2.05, 4.69) is 27.4 Å². The Bertz CT molecular complexity index is 610. The maximum Gasteiger partial charge on any atom is 0.191 e. The molecular weight excluding hydrogens is 486 g/mol. The highest BCUT2D eigenvalue weighted by Gasteiger charge is 2.19. The van der Waals surface area contributed by atoms with E-state index in [0.29, 0.717) is 18.2 Å². The van der Waals surface area contributed by atoms with Crippen LogP contribution in [-0.2, 0) is 22.6 Å². The van der Waals surface area contributed by atoms with Gasteiger partial charge in [-0.2, -0.15) is 0 Å². The molecule has 0 bridgehead atoms. The van der Waals surface area contributed by atoms with Gasteiger partial charge in [0.05, 0.1) is 13.2 Å². The van der Waals surface area contributed by atoms with Gasteiger partial charge in [-0.3, -0.25) is 0 Å². The van der Waals surface area contributed by atoms with E-state index < -0.39 is 0 Å². The van der Waals surface area contributed by atoms with E-state index in [9.17, 15) is 4.39 Å². The topological polar surface area (TPSA) is 58.1 Å². The fourth-order valence-electron chi connectivity index (χ4n) is 3.41. The fourth-order valence-corrected chi connectivity index (χ4v) is 3.41. The van der Waals surface area contributed by atoms with Gasteiger partial charge in [0.2, 0.25) is 0 Å². The third kappa shape index (κ3) is 9.59.